The van der Waals surface area contributed by atoms with Crippen molar-refractivity contribution in [2.45, 2.75) is 37.6 Å². The predicted molar refractivity (Wildman–Crippen MR) is 118 cm³/mol. The summed E-state index contributed by atoms with van der Waals surface area (Å²) < 4.78 is 7.26. The molecule has 154 valence electrons. The van der Waals surface area contributed by atoms with Gasteiger partial charge in [-0.1, -0.05) is 18.6 Å². The minimum Gasteiger partial charge on any atom is -0.497 e. The number of aryl methyl sites for hydroxylation is 1. The number of ether oxygens (including phenoxy) is 1. The fourth-order valence-electron chi connectivity index (χ4n) is 4.65. The van der Waals surface area contributed by atoms with Crippen LogP contribution in [0.25, 0.3) is 21.9 Å². The third-order valence-corrected chi connectivity index (χ3v) is 6.29. The number of carbonyl (C=O) groups is 1. The van der Waals surface area contributed by atoms with Gasteiger partial charge in [0.05, 0.1) is 23.7 Å². The zero-order valence-corrected chi connectivity index (χ0v) is 17.3. The summed E-state index contributed by atoms with van der Waals surface area (Å²) in [6.45, 7) is 0. The van der Waals surface area contributed by atoms with E-state index >= 15 is 0 Å². The first kappa shape index (κ1) is 18.7. The lowest BCUT2D eigenvalue weighted by Crippen LogP contribution is -2.38. The van der Waals surface area contributed by atoms with E-state index in [1.165, 1.54) is 0 Å². The molecule has 1 amide bonds. The fourth-order valence-corrected chi connectivity index (χ4v) is 4.65. The van der Waals surface area contributed by atoms with Gasteiger partial charge in [0.2, 0.25) is 0 Å². The largest absolute Gasteiger partial charge is 0.497 e. The number of fused-ring (bicyclic) bond motifs is 2. The summed E-state index contributed by atoms with van der Waals surface area (Å²) in [5.74, 6) is 2.14. The van der Waals surface area contributed by atoms with Gasteiger partial charge in [0.1, 0.15) is 17.3 Å². The molecule has 6 nitrogen and oxygen atoms in total. The first-order chi connectivity index (χ1) is 14.6. The Bertz CT molecular complexity index is 1190. The Balaban J connectivity index is 1.33. The number of hydrogen-bond donors (Lipinski definition) is 2. The molecule has 5 rings (SSSR count). The van der Waals surface area contributed by atoms with Crippen molar-refractivity contribution in [1.82, 2.24) is 19.9 Å². The maximum absolute atomic E-state index is 13.1. The van der Waals surface area contributed by atoms with Crippen LogP contribution in [0, 0.1) is 0 Å². The van der Waals surface area contributed by atoms with Gasteiger partial charge in [0, 0.05) is 30.5 Å². The van der Waals surface area contributed by atoms with Crippen molar-refractivity contribution >= 4 is 27.8 Å². The first-order valence-electron chi connectivity index (χ1n) is 10.5. The zero-order chi connectivity index (χ0) is 20.7. The van der Waals surface area contributed by atoms with Crippen LogP contribution < -0.4 is 10.1 Å². The van der Waals surface area contributed by atoms with Crippen molar-refractivity contribution < 1.29 is 9.53 Å². The van der Waals surface area contributed by atoms with Crippen molar-refractivity contribution in [3.63, 3.8) is 0 Å². The van der Waals surface area contributed by atoms with Crippen molar-refractivity contribution in [3.05, 3.63) is 60.0 Å². The van der Waals surface area contributed by atoms with Gasteiger partial charge in [-0.2, -0.15) is 0 Å². The third kappa shape index (κ3) is 3.32. The van der Waals surface area contributed by atoms with Gasteiger partial charge in [-0.25, -0.2) is 4.98 Å². The van der Waals surface area contributed by atoms with Crippen molar-refractivity contribution in [2.24, 2.45) is 7.05 Å². The summed E-state index contributed by atoms with van der Waals surface area (Å²) in [6.07, 6.45) is 4.09. The molecule has 30 heavy (non-hydrogen) atoms. The SMILES string of the molecule is COc1ccc2cc(C(=O)NC3CCCC(c4nc5ccccc5[nH]4)C3)n(C)c2c1. The quantitative estimate of drug-likeness (QED) is 0.527. The Morgan fingerprint density at radius 2 is 2.07 bits per heavy atom. The predicted octanol–water partition coefficient (Wildman–Crippen LogP) is 4.52. The van der Waals surface area contributed by atoms with Gasteiger partial charge in [0.25, 0.3) is 5.91 Å². The second kappa shape index (κ2) is 7.52. The summed E-state index contributed by atoms with van der Waals surface area (Å²) >= 11 is 0. The average molecular weight is 402 g/mol. The second-order valence-corrected chi connectivity index (χ2v) is 8.19. The van der Waals surface area contributed by atoms with Crippen LogP contribution in [-0.2, 0) is 7.05 Å². The molecule has 2 unspecified atom stereocenters. The summed E-state index contributed by atoms with van der Waals surface area (Å²) in [7, 11) is 3.58. The monoisotopic (exact) mass is 402 g/mol. The van der Waals surface area contributed by atoms with E-state index in [4.69, 9.17) is 9.72 Å². The molecule has 1 aliphatic carbocycles. The number of para-hydroxylation sites is 2. The van der Waals surface area contributed by atoms with Gasteiger partial charge < -0.3 is 19.6 Å². The van der Waals surface area contributed by atoms with E-state index in [2.05, 4.69) is 16.4 Å². The number of aromatic amines is 1. The molecule has 0 aliphatic heterocycles. The minimum absolute atomic E-state index is 0.0251. The fraction of sp³-hybridized carbons (Fsp3) is 0.333. The van der Waals surface area contributed by atoms with E-state index in [0.29, 0.717) is 11.6 Å². The molecule has 1 saturated carbocycles. The maximum atomic E-state index is 13.1. The highest BCUT2D eigenvalue weighted by molar-refractivity contribution is 5.99. The van der Waals surface area contributed by atoms with Crippen molar-refractivity contribution in [1.29, 1.82) is 0 Å². The molecule has 0 spiro atoms. The van der Waals surface area contributed by atoms with Gasteiger partial charge in [-0.15, -0.1) is 0 Å². The Labute approximate surface area is 175 Å². The number of nitrogens with one attached hydrogen (secondary N) is 2. The number of aromatic nitrogens is 3. The van der Waals surface area contributed by atoms with E-state index in [9.17, 15) is 4.79 Å². The molecule has 4 aromatic rings. The van der Waals surface area contributed by atoms with Crippen LogP contribution in [0.4, 0.5) is 0 Å². The molecule has 0 bridgehead atoms. The van der Waals surface area contributed by atoms with Crippen molar-refractivity contribution in [3.8, 4) is 5.75 Å². The van der Waals surface area contributed by atoms with Crippen LogP contribution in [0.15, 0.2) is 48.5 Å². The average Bonchev–Trinajstić information content (AvgIpc) is 3.35. The number of H-pyrrole nitrogens is 1. The highest BCUT2D eigenvalue weighted by atomic mass is 16.5. The normalized spacial score (nSPS) is 19.3. The van der Waals surface area contributed by atoms with E-state index < -0.39 is 0 Å². The van der Waals surface area contributed by atoms with Crippen LogP contribution in [0.3, 0.4) is 0 Å². The van der Waals surface area contributed by atoms with Crippen LogP contribution in [0.5, 0.6) is 5.75 Å². The minimum atomic E-state index is -0.0251. The van der Waals surface area contributed by atoms with Crippen LogP contribution in [-0.4, -0.2) is 33.6 Å². The molecule has 0 radical (unpaired) electrons. The Kier molecular flexibility index (Phi) is 4.69. The lowest BCUT2D eigenvalue weighted by Gasteiger charge is -2.28. The summed E-state index contributed by atoms with van der Waals surface area (Å²) in [5.41, 5.74) is 3.74. The number of nitrogens with zero attached hydrogens (tertiary/aromatic N) is 2. The van der Waals surface area contributed by atoms with E-state index in [0.717, 1.165) is 59.2 Å². The third-order valence-electron chi connectivity index (χ3n) is 6.29. The molecular weight excluding hydrogens is 376 g/mol. The molecule has 2 aromatic heterocycles. The molecule has 1 fully saturated rings. The van der Waals surface area contributed by atoms with Gasteiger partial charge >= 0.3 is 0 Å². The molecule has 6 heteroatoms. The number of methoxy groups -OCH3 is 1. The highest BCUT2D eigenvalue weighted by Gasteiger charge is 2.27. The maximum Gasteiger partial charge on any atom is 0.268 e. The summed E-state index contributed by atoms with van der Waals surface area (Å²) in [5, 5.41) is 4.30. The molecular formula is C24H26N4O2. The smallest absolute Gasteiger partial charge is 0.268 e. The number of imidazole rings is 1. The molecule has 2 heterocycles. The molecule has 2 N–H and O–H groups in total. The van der Waals surface area contributed by atoms with Crippen molar-refractivity contribution in [2.75, 3.05) is 7.11 Å². The molecule has 2 aromatic carbocycles. The lowest BCUT2D eigenvalue weighted by atomic mass is 9.85. The van der Waals surface area contributed by atoms with E-state index in [-0.39, 0.29) is 11.9 Å². The van der Waals surface area contributed by atoms with Crippen LogP contribution in [0.2, 0.25) is 0 Å². The lowest BCUT2D eigenvalue weighted by molar-refractivity contribution is 0.0917. The molecule has 0 saturated heterocycles. The highest BCUT2D eigenvalue weighted by Crippen LogP contribution is 2.33. The number of rotatable bonds is 4. The topological polar surface area (TPSA) is 71.9 Å². The Morgan fingerprint density at radius 1 is 1.20 bits per heavy atom. The molecule has 1 aliphatic rings. The van der Waals surface area contributed by atoms with Gasteiger partial charge in [-0.05, 0) is 49.6 Å². The van der Waals surface area contributed by atoms with E-state index in [1.807, 2.05) is 54.1 Å². The van der Waals surface area contributed by atoms with E-state index in [1.54, 1.807) is 7.11 Å². The molecule has 2 atom stereocenters. The van der Waals surface area contributed by atoms with Crippen LogP contribution in [0.1, 0.15) is 47.9 Å². The first-order valence-corrected chi connectivity index (χ1v) is 10.5. The summed E-state index contributed by atoms with van der Waals surface area (Å²) in [4.78, 5) is 21.3. The van der Waals surface area contributed by atoms with Gasteiger partial charge in [-0.3, -0.25) is 4.79 Å². The number of carbonyl (C=O) groups excluding carboxylic acids is 1. The Morgan fingerprint density at radius 3 is 2.90 bits per heavy atom. The number of benzene rings is 2. The number of hydrogen-bond acceptors (Lipinski definition) is 3. The van der Waals surface area contributed by atoms with Gasteiger partial charge in [0.15, 0.2) is 0 Å². The number of amides is 1. The standard InChI is InChI=1S/C24H26N4O2/c1-28-21-14-18(30-2)11-10-15(21)13-22(28)24(29)25-17-7-5-6-16(12-17)23-26-19-8-3-4-9-20(19)27-23/h3-4,8-11,13-14,16-17H,5-7,12H2,1-2H3,(H,25,29)(H,26,27). The zero-order valence-electron chi connectivity index (χ0n) is 17.3. The van der Waals surface area contributed by atoms with Crippen LogP contribution >= 0.6 is 0 Å². The second-order valence-electron chi connectivity index (χ2n) is 8.19. The summed E-state index contributed by atoms with van der Waals surface area (Å²) in [6, 6.07) is 16.1. The Hall–Kier alpha value is -3.28.